The normalized spacial score (nSPS) is 11.7. The molecule has 4 heteroatoms. The predicted molar refractivity (Wildman–Crippen MR) is 111 cm³/mol. The Morgan fingerprint density at radius 3 is 1.35 bits per heavy atom. The molecule has 1 unspecified atom stereocenters. The maximum atomic E-state index is 12.8. The van der Waals surface area contributed by atoms with E-state index in [0.717, 1.165) is 33.4 Å². The first-order chi connectivity index (χ1) is 12.0. The van der Waals surface area contributed by atoms with Crippen LogP contribution in [-0.4, -0.2) is 23.9 Å². The average Bonchev–Trinajstić information content (AvgIpc) is 2.49. The highest BCUT2D eigenvalue weighted by Crippen LogP contribution is 2.44. The first-order valence-corrected chi connectivity index (χ1v) is 10.00. The van der Waals surface area contributed by atoms with Crippen molar-refractivity contribution in [3.05, 3.63) is 74.3 Å². The van der Waals surface area contributed by atoms with Crippen molar-refractivity contribution in [2.75, 3.05) is 14.1 Å². The Labute approximate surface area is 158 Å². The summed E-state index contributed by atoms with van der Waals surface area (Å²) in [5.41, 5.74) is 9.21. The number of nitrogens with zero attached hydrogens (tertiary/aromatic N) is 1. The molecule has 0 aliphatic rings. The number of hydrogen-bond acceptors (Lipinski definition) is 2. The van der Waals surface area contributed by atoms with E-state index in [2.05, 4.69) is 38.1 Å². The van der Waals surface area contributed by atoms with Crippen molar-refractivity contribution < 1.29 is 9.67 Å². The second-order valence-corrected chi connectivity index (χ2v) is 9.14. The lowest BCUT2D eigenvalue weighted by Crippen LogP contribution is -2.07. The van der Waals surface area contributed by atoms with Gasteiger partial charge in [0.05, 0.1) is 5.57 Å². The average molecular weight is 370 g/mol. The van der Waals surface area contributed by atoms with E-state index < -0.39 is 7.95 Å². The molecule has 0 aromatic heterocycles. The minimum atomic E-state index is -2.03. The lowest BCUT2D eigenvalue weighted by atomic mass is 9.86. The van der Waals surface area contributed by atoms with Crippen molar-refractivity contribution in [2.45, 2.75) is 41.5 Å². The van der Waals surface area contributed by atoms with Crippen molar-refractivity contribution in [1.29, 1.82) is 0 Å². The third kappa shape index (κ3) is 3.90. The van der Waals surface area contributed by atoms with Gasteiger partial charge >= 0.3 is 13.5 Å². The van der Waals surface area contributed by atoms with Crippen molar-refractivity contribution >= 4 is 13.5 Å². The fraction of sp³-hybridized carbons (Fsp3) is 0.364. The van der Waals surface area contributed by atoms with Gasteiger partial charge in [-0.1, -0.05) is 40.1 Å². The second-order valence-electron chi connectivity index (χ2n) is 7.37. The molecule has 0 radical (unpaired) electrons. The van der Waals surface area contributed by atoms with Gasteiger partial charge in [-0.2, -0.15) is 0 Å². The van der Waals surface area contributed by atoms with Gasteiger partial charge in [0.15, 0.2) is 0 Å². The number of rotatable bonds is 4. The number of benzene rings is 2. The van der Waals surface area contributed by atoms with E-state index >= 15 is 0 Å². The van der Waals surface area contributed by atoms with Crippen LogP contribution in [0.15, 0.2) is 29.8 Å². The number of hydrogen-bond donors (Lipinski definition) is 1. The molecular weight excluding hydrogens is 341 g/mol. The monoisotopic (exact) mass is 370 g/mol. The van der Waals surface area contributed by atoms with E-state index in [-0.39, 0.29) is 5.50 Å². The van der Waals surface area contributed by atoms with Gasteiger partial charge in [-0.15, -0.1) is 0 Å². The molecule has 138 valence electrons. The van der Waals surface area contributed by atoms with Crippen molar-refractivity contribution in [1.82, 2.24) is 4.67 Å². The van der Waals surface area contributed by atoms with Crippen molar-refractivity contribution in [3.63, 3.8) is 0 Å². The summed E-state index contributed by atoms with van der Waals surface area (Å²) in [4.78, 5) is 0. The molecule has 0 saturated carbocycles. The van der Waals surface area contributed by atoms with Crippen LogP contribution in [-0.2, 0) is 4.57 Å². The van der Waals surface area contributed by atoms with Gasteiger partial charge in [0.25, 0.3) is 0 Å². The Bertz CT molecular complexity index is 805. The highest BCUT2D eigenvalue weighted by atomic mass is 31.1. The molecule has 0 aliphatic carbocycles. The van der Waals surface area contributed by atoms with Crippen LogP contribution < -0.4 is 0 Å². The van der Waals surface area contributed by atoms with Crippen LogP contribution >= 0.6 is 7.95 Å². The first kappa shape index (κ1) is 20.4. The van der Waals surface area contributed by atoms with Gasteiger partial charge in [0.2, 0.25) is 0 Å². The van der Waals surface area contributed by atoms with Gasteiger partial charge in [-0.05, 0) is 79.5 Å². The number of aliphatic hydroxyl groups is 1. The molecule has 3 nitrogen and oxygen atoms in total. The highest BCUT2D eigenvalue weighted by molar-refractivity contribution is 7.46. The molecule has 0 fully saturated rings. The molecule has 0 aliphatic heterocycles. The second kappa shape index (κ2) is 7.73. The van der Waals surface area contributed by atoms with Crippen LogP contribution in [0.25, 0.3) is 5.57 Å². The van der Waals surface area contributed by atoms with Crippen LogP contribution in [0.2, 0.25) is 0 Å². The predicted octanol–water partition coefficient (Wildman–Crippen LogP) is 6.12. The molecule has 1 N–H and O–H groups in total. The van der Waals surface area contributed by atoms with E-state index in [1.165, 1.54) is 11.1 Å². The SMILES string of the molecule is Cc1cc(C)c(C(=C(O)[P+](=O)N(C)C)c2c(C)cc(C)cc2C)c(C)c1. The Hall–Kier alpha value is -1.96. The maximum Gasteiger partial charge on any atom is 0.513 e. The summed E-state index contributed by atoms with van der Waals surface area (Å²) in [7, 11) is 1.40. The van der Waals surface area contributed by atoms with E-state index in [9.17, 15) is 9.67 Å². The molecule has 0 amide bonds. The lowest BCUT2D eigenvalue weighted by molar-refractivity contribution is 0.431. The molecule has 2 aromatic rings. The van der Waals surface area contributed by atoms with Crippen LogP contribution in [0.5, 0.6) is 0 Å². The molecular formula is C22H29NO2P+. The lowest BCUT2D eigenvalue weighted by Gasteiger charge is -2.19. The van der Waals surface area contributed by atoms with Crippen LogP contribution in [0.1, 0.15) is 44.5 Å². The molecule has 0 spiro atoms. The zero-order valence-corrected chi connectivity index (χ0v) is 18.0. The van der Waals surface area contributed by atoms with Gasteiger partial charge in [0.1, 0.15) is 0 Å². The van der Waals surface area contributed by atoms with Gasteiger partial charge in [-0.3, -0.25) is 0 Å². The molecule has 26 heavy (non-hydrogen) atoms. The van der Waals surface area contributed by atoms with Gasteiger partial charge in [0, 0.05) is 14.1 Å². The quantitative estimate of drug-likeness (QED) is 0.521. The van der Waals surface area contributed by atoms with E-state index in [0.29, 0.717) is 5.57 Å². The summed E-state index contributed by atoms with van der Waals surface area (Å²) in [6.07, 6.45) is 0. The summed E-state index contributed by atoms with van der Waals surface area (Å²) in [6, 6.07) is 8.43. The summed E-state index contributed by atoms with van der Waals surface area (Å²) in [5, 5.41) is 11.0. The Morgan fingerprint density at radius 2 is 1.08 bits per heavy atom. The maximum absolute atomic E-state index is 12.8. The Balaban J connectivity index is 2.96. The zero-order valence-electron chi connectivity index (χ0n) is 17.1. The zero-order chi connectivity index (χ0) is 19.8. The van der Waals surface area contributed by atoms with Crippen molar-refractivity contribution in [3.8, 4) is 0 Å². The Morgan fingerprint density at radius 1 is 0.769 bits per heavy atom. The van der Waals surface area contributed by atoms with Crippen LogP contribution in [0.3, 0.4) is 0 Å². The smallest absolute Gasteiger partial charge is 0.472 e. The molecule has 0 saturated heterocycles. The first-order valence-electron chi connectivity index (χ1n) is 8.78. The molecule has 1 atom stereocenters. The summed E-state index contributed by atoms with van der Waals surface area (Å²) in [6.45, 7) is 12.3. The van der Waals surface area contributed by atoms with E-state index in [1.54, 1.807) is 18.8 Å². The third-order valence-corrected chi connectivity index (χ3v) is 5.93. The number of aliphatic hydroxyl groups excluding tert-OH is 1. The minimum absolute atomic E-state index is 0.0601. The fourth-order valence-corrected chi connectivity index (χ4v) is 4.58. The van der Waals surface area contributed by atoms with Crippen LogP contribution in [0.4, 0.5) is 0 Å². The van der Waals surface area contributed by atoms with Crippen molar-refractivity contribution in [2.24, 2.45) is 0 Å². The molecule has 0 heterocycles. The third-order valence-electron chi connectivity index (χ3n) is 4.62. The molecule has 0 bridgehead atoms. The van der Waals surface area contributed by atoms with E-state index in [4.69, 9.17) is 0 Å². The number of aryl methyl sites for hydroxylation is 6. The topological polar surface area (TPSA) is 40.5 Å². The summed E-state index contributed by atoms with van der Waals surface area (Å²) < 4.78 is 14.3. The van der Waals surface area contributed by atoms with E-state index in [1.807, 2.05) is 27.7 Å². The Kier molecular flexibility index (Phi) is 6.05. The largest absolute Gasteiger partial charge is 0.513 e. The van der Waals surface area contributed by atoms with Gasteiger partial charge < -0.3 is 5.11 Å². The molecule has 2 aromatic carbocycles. The van der Waals surface area contributed by atoms with Crippen LogP contribution in [0, 0.1) is 41.5 Å². The summed E-state index contributed by atoms with van der Waals surface area (Å²) in [5.74, 6) is 0. The highest BCUT2D eigenvalue weighted by Gasteiger charge is 2.34. The fourth-order valence-electron chi connectivity index (χ4n) is 3.78. The summed E-state index contributed by atoms with van der Waals surface area (Å²) >= 11 is 0. The molecule has 2 rings (SSSR count). The van der Waals surface area contributed by atoms with Gasteiger partial charge in [-0.25, -0.2) is 0 Å². The standard InChI is InChI=1S/C22H28NO2P/c1-13-9-15(3)19(16(4)10-13)21(22(24)26(25)23(7)8)20-17(5)11-14(2)12-18(20)6/h9-12H,1-8H3/p+1. The minimum Gasteiger partial charge on any atom is -0.472 e.